The van der Waals surface area contributed by atoms with Crippen LogP contribution < -0.4 is 10.2 Å². The lowest BCUT2D eigenvalue weighted by Gasteiger charge is -2.15. The lowest BCUT2D eigenvalue weighted by molar-refractivity contribution is -0.901. The highest BCUT2D eigenvalue weighted by atomic mass is 16.5. The predicted molar refractivity (Wildman–Crippen MR) is 108 cm³/mol. The zero-order valence-electron chi connectivity index (χ0n) is 16.3. The summed E-state index contributed by atoms with van der Waals surface area (Å²) in [4.78, 5) is 14.5. The van der Waals surface area contributed by atoms with Gasteiger partial charge in [0.15, 0.2) is 5.76 Å². The van der Waals surface area contributed by atoms with E-state index in [9.17, 15) is 4.79 Å². The number of para-hydroxylation sites is 1. The van der Waals surface area contributed by atoms with E-state index in [0.29, 0.717) is 24.5 Å². The Morgan fingerprint density at radius 2 is 1.79 bits per heavy atom. The molecule has 5 heteroatoms. The lowest BCUT2D eigenvalue weighted by atomic mass is 10.1. The van der Waals surface area contributed by atoms with Crippen molar-refractivity contribution in [2.24, 2.45) is 0 Å². The Labute approximate surface area is 165 Å². The van der Waals surface area contributed by atoms with Crippen LogP contribution >= 0.6 is 0 Å². The van der Waals surface area contributed by atoms with Crippen LogP contribution in [0.25, 0.3) is 11.0 Å². The normalized spacial score (nSPS) is 14.6. The van der Waals surface area contributed by atoms with Crippen LogP contribution in [0.15, 0.2) is 52.9 Å². The third-order valence-corrected chi connectivity index (χ3v) is 5.50. The molecule has 146 valence electrons. The molecule has 1 aliphatic rings. The highest BCUT2D eigenvalue weighted by Crippen LogP contribution is 2.26. The molecule has 0 radical (unpaired) electrons. The summed E-state index contributed by atoms with van der Waals surface area (Å²) >= 11 is 0. The molecule has 4 rings (SSSR count). The summed E-state index contributed by atoms with van der Waals surface area (Å²) in [6.45, 7) is 4.33. The molecule has 28 heavy (non-hydrogen) atoms. The molecule has 0 saturated carbocycles. The number of carbonyl (C=O) groups excluding carboxylic acids is 1. The molecule has 1 amide bonds. The first-order valence-electron chi connectivity index (χ1n) is 9.94. The molecule has 1 aromatic heterocycles. The Morgan fingerprint density at radius 3 is 2.57 bits per heavy atom. The standard InChI is InChI=1S/C23H26N2O3/c1-27-16-20-19-10-4-5-11-21(19)28-22(20)23(26)24-14-17-8-2-3-9-18(17)15-25-12-6-7-13-25/h2-5,8-11H,6-7,12-16H2,1H3,(H,24,26)/p+1. The van der Waals surface area contributed by atoms with Crippen molar-refractivity contribution < 1.29 is 18.8 Å². The van der Waals surface area contributed by atoms with Crippen molar-refractivity contribution in [3.63, 3.8) is 0 Å². The Kier molecular flexibility index (Phi) is 5.74. The number of nitrogens with one attached hydrogen (secondary N) is 2. The minimum absolute atomic E-state index is 0.202. The molecule has 3 aromatic rings. The highest BCUT2D eigenvalue weighted by Gasteiger charge is 2.21. The van der Waals surface area contributed by atoms with Crippen LogP contribution in [0.3, 0.4) is 0 Å². The first-order valence-corrected chi connectivity index (χ1v) is 9.94. The van der Waals surface area contributed by atoms with Gasteiger partial charge in [0.1, 0.15) is 12.1 Å². The van der Waals surface area contributed by atoms with Gasteiger partial charge >= 0.3 is 0 Å². The number of hydrogen-bond donors (Lipinski definition) is 2. The Hall–Kier alpha value is -2.63. The molecular weight excluding hydrogens is 352 g/mol. The number of methoxy groups -OCH3 is 1. The van der Waals surface area contributed by atoms with Crippen molar-refractivity contribution in [1.82, 2.24) is 5.32 Å². The van der Waals surface area contributed by atoms with Gasteiger partial charge in [0.05, 0.1) is 19.7 Å². The number of ether oxygens (including phenoxy) is 1. The molecule has 0 atom stereocenters. The number of hydrogen-bond acceptors (Lipinski definition) is 3. The second kappa shape index (κ2) is 8.59. The van der Waals surface area contributed by atoms with Gasteiger partial charge in [-0.15, -0.1) is 0 Å². The van der Waals surface area contributed by atoms with Crippen LogP contribution in [0.1, 0.15) is 40.1 Å². The number of furan rings is 1. The summed E-state index contributed by atoms with van der Waals surface area (Å²) in [5.41, 5.74) is 3.98. The summed E-state index contributed by atoms with van der Waals surface area (Å²) in [5, 5.41) is 3.97. The Bertz CT molecular complexity index is 957. The minimum Gasteiger partial charge on any atom is -0.451 e. The minimum atomic E-state index is -0.202. The van der Waals surface area contributed by atoms with Gasteiger partial charge in [-0.1, -0.05) is 42.5 Å². The molecule has 1 fully saturated rings. The number of benzene rings is 2. The fourth-order valence-corrected chi connectivity index (χ4v) is 4.05. The maximum absolute atomic E-state index is 12.9. The van der Waals surface area contributed by atoms with E-state index in [2.05, 4.69) is 23.5 Å². The van der Waals surface area contributed by atoms with Crippen LogP contribution in [0.5, 0.6) is 0 Å². The van der Waals surface area contributed by atoms with E-state index >= 15 is 0 Å². The first kappa shape index (κ1) is 18.7. The van der Waals surface area contributed by atoms with Gasteiger partial charge in [0, 0.05) is 43.0 Å². The third-order valence-electron chi connectivity index (χ3n) is 5.50. The summed E-state index contributed by atoms with van der Waals surface area (Å²) in [7, 11) is 1.63. The number of likely N-dealkylation sites (tertiary alicyclic amines) is 1. The number of amides is 1. The molecule has 0 spiro atoms. The van der Waals surface area contributed by atoms with Crippen LogP contribution in [0.4, 0.5) is 0 Å². The largest absolute Gasteiger partial charge is 0.451 e. The fraction of sp³-hybridized carbons (Fsp3) is 0.348. The third kappa shape index (κ3) is 3.96. The van der Waals surface area contributed by atoms with Crippen molar-refractivity contribution in [3.8, 4) is 0 Å². The maximum Gasteiger partial charge on any atom is 0.287 e. The van der Waals surface area contributed by atoms with Crippen molar-refractivity contribution in [2.45, 2.75) is 32.5 Å². The fourth-order valence-electron chi connectivity index (χ4n) is 4.05. The molecule has 2 heterocycles. The van der Waals surface area contributed by atoms with Crippen LogP contribution in [-0.2, 0) is 24.4 Å². The average molecular weight is 379 g/mol. The molecule has 0 aliphatic carbocycles. The number of rotatable bonds is 7. The molecule has 5 nitrogen and oxygen atoms in total. The molecule has 2 N–H and O–H groups in total. The van der Waals surface area contributed by atoms with Crippen molar-refractivity contribution in [2.75, 3.05) is 20.2 Å². The van der Waals surface area contributed by atoms with Gasteiger partial charge in [-0.05, 0) is 11.6 Å². The quantitative estimate of drug-likeness (QED) is 0.664. The van der Waals surface area contributed by atoms with Gasteiger partial charge in [-0.3, -0.25) is 4.79 Å². The van der Waals surface area contributed by atoms with E-state index in [4.69, 9.17) is 9.15 Å². The number of quaternary nitrogens is 1. The van der Waals surface area contributed by atoms with E-state index in [1.165, 1.54) is 37.1 Å². The topological polar surface area (TPSA) is 55.9 Å². The van der Waals surface area contributed by atoms with Crippen molar-refractivity contribution in [1.29, 1.82) is 0 Å². The smallest absolute Gasteiger partial charge is 0.287 e. The van der Waals surface area contributed by atoms with Gasteiger partial charge < -0.3 is 19.4 Å². The summed E-state index contributed by atoms with van der Waals surface area (Å²) in [6, 6.07) is 16.0. The van der Waals surface area contributed by atoms with Crippen molar-refractivity contribution >= 4 is 16.9 Å². The number of carbonyl (C=O) groups is 1. The molecule has 0 unspecified atom stereocenters. The van der Waals surface area contributed by atoms with Crippen LogP contribution in [0, 0.1) is 0 Å². The van der Waals surface area contributed by atoms with E-state index in [1.54, 1.807) is 12.0 Å². The van der Waals surface area contributed by atoms with Crippen molar-refractivity contribution in [3.05, 3.63) is 71.0 Å². The summed E-state index contributed by atoms with van der Waals surface area (Å²) in [5.74, 6) is 0.136. The Morgan fingerprint density at radius 1 is 1.07 bits per heavy atom. The second-order valence-electron chi connectivity index (χ2n) is 7.42. The lowest BCUT2D eigenvalue weighted by Crippen LogP contribution is -3.08. The maximum atomic E-state index is 12.9. The molecule has 0 bridgehead atoms. The summed E-state index contributed by atoms with van der Waals surface area (Å²) in [6.07, 6.45) is 2.62. The van der Waals surface area contributed by atoms with Gasteiger partial charge in [0.2, 0.25) is 0 Å². The van der Waals surface area contributed by atoms with Gasteiger partial charge in [-0.2, -0.15) is 0 Å². The average Bonchev–Trinajstić information content (AvgIpc) is 3.36. The zero-order chi connectivity index (χ0) is 19.3. The summed E-state index contributed by atoms with van der Waals surface area (Å²) < 4.78 is 11.1. The Balaban J connectivity index is 1.51. The van der Waals surface area contributed by atoms with E-state index in [-0.39, 0.29) is 5.91 Å². The molecule has 2 aromatic carbocycles. The molecular formula is C23H27N2O3+. The molecule has 1 aliphatic heterocycles. The highest BCUT2D eigenvalue weighted by molar-refractivity contribution is 5.99. The van der Waals surface area contributed by atoms with Gasteiger partial charge in [-0.25, -0.2) is 0 Å². The predicted octanol–water partition coefficient (Wildman–Crippen LogP) is 2.69. The van der Waals surface area contributed by atoms with E-state index in [1.807, 2.05) is 30.3 Å². The van der Waals surface area contributed by atoms with Crippen LogP contribution in [-0.4, -0.2) is 26.1 Å². The van der Waals surface area contributed by atoms with E-state index < -0.39 is 0 Å². The second-order valence-corrected chi connectivity index (χ2v) is 7.42. The number of fused-ring (bicyclic) bond motifs is 1. The zero-order valence-corrected chi connectivity index (χ0v) is 16.3. The van der Waals surface area contributed by atoms with E-state index in [0.717, 1.165) is 17.5 Å². The van der Waals surface area contributed by atoms with Crippen LogP contribution in [0.2, 0.25) is 0 Å². The first-order chi connectivity index (χ1) is 13.8. The monoisotopic (exact) mass is 379 g/mol. The SMILES string of the molecule is COCc1c(C(=O)NCc2ccccc2C[NH+]2CCCC2)oc2ccccc12. The van der Waals surface area contributed by atoms with Gasteiger partial charge in [0.25, 0.3) is 5.91 Å². The molecule has 1 saturated heterocycles.